The summed E-state index contributed by atoms with van der Waals surface area (Å²) in [4.78, 5) is 26.7. The van der Waals surface area contributed by atoms with Gasteiger partial charge in [0.1, 0.15) is 11.0 Å². The third-order valence-electron chi connectivity index (χ3n) is 6.54. The molecule has 0 bridgehead atoms. The summed E-state index contributed by atoms with van der Waals surface area (Å²) in [6, 6.07) is 3.92. The second-order valence-corrected chi connectivity index (χ2v) is 8.88. The molecule has 5 rings (SSSR count). The third kappa shape index (κ3) is 2.55. The Bertz CT molecular complexity index is 1210. The molecule has 1 saturated carbocycles. The van der Waals surface area contributed by atoms with Crippen LogP contribution in [-0.2, 0) is 18.6 Å². The highest BCUT2D eigenvalue weighted by molar-refractivity contribution is 7.98. The molecular formula is C21H23N5O2S. The minimum absolute atomic E-state index is 0.0562. The fourth-order valence-corrected chi connectivity index (χ4v) is 4.94. The zero-order valence-corrected chi connectivity index (χ0v) is 17.4. The molecule has 1 unspecified atom stereocenters. The van der Waals surface area contributed by atoms with Crippen LogP contribution in [0.2, 0.25) is 0 Å². The lowest BCUT2D eigenvalue weighted by atomic mass is 9.72. The average Bonchev–Trinajstić information content (AvgIpc) is 3.47. The molecule has 0 amide bonds. The van der Waals surface area contributed by atoms with Crippen molar-refractivity contribution in [3.05, 3.63) is 52.6 Å². The van der Waals surface area contributed by atoms with Crippen molar-refractivity contribution in [2.75, 3.05) is 6.26 Å². The van der Waals surface area contributed by atoms with Crippen LogP contribution >= 0.6 is 11.8 Å². The fraction of sp³-hybridized carbons (Fsp3) is 0.429. The first-order chi connectivity index (χ1) is 13.9. The quantitative estimate of drug-likeness (QED) is 0.405. The smallest absolute Gasteiger partial charge is 0.278 e. The number of fused-ring (bicyclic) bond motifs is 2. The van der Waals surface area contributed by atoms with E-state index in [4.69, 9.17) is 4.98 Å². The van der Waals surface area contributed by atoms with Crippen molar-refractivity contribution in [1.29, 1.82) is 0 Å². The van der Waals surface area contributed by atoms with E-state index < -0.39 is 5.60 Å². The minimum atomic E-state index is -0.970. The lowest BCUT2D eigenvalue weighted by Gasteiger charge is -2.38. The van der Waals surface area contributed by atoms with Gasteiger partial charge >= 0.3 is 0 Å². The molecule has 0 aromatic carbocycles. The van der Waals surface area contributed by atoms with Gasteiger partial charge < -0.3 is 5.11 Å². The first kappa shape index (κ1) is 18.6. The molecule has 8 heteroatoms. The van der Waals surface area contributed by atoms with Crippen LogP contribution in [0.1, 0.15) is 37.4 Å². The number of allylic oxidation sites excluding steroid dienone is 1. The summed E-state index contributed by atoms with van der Waals surface area (Å²) in [5, 5.41) is 12.4. The third-order valence-corrected chi connectivity index (χ3v) is 7.10. The van der Waals surface area contributed by atoms with Gasteiger partial charge in [-0.25, -0.2) is 24.3 Å². The number of rotatable bonds is 4. The summed E-state index contributed by atoms with van der Waals surface area (Å²) in [7, 11) is 0. The molecule has 1 N–H and O–H groups in total. The Morgan fingerprint density at radius 1 is 1.31 bits per heavy atom. The number of pyridine rings is 1. The molecule has 0 saturated heterocycles. The molecule has 7 nitrogen and oxygen atoms in total. The van der Waals surface area contributed by atoms with Crippen molar-refractivity contribution in [2.24, 2.45) is 5.41 Å². The van der Waals surface area contributed by atoms with Gasteiger partial charge in [0, 0.05) is 11.6 Å². The molecule has 1 fully saturated rings. The molecule has 3 aromatic rings. The van der Waals surface area contributed by atoms with E-state index in [0.29, 0.717) is 28.6 Å². The lowest BCUT2D eigenvalue weighted by Crippen LogP contribution is -2.39. The summed E-state index contributed by atoms with van der Waals surface area (Å²) < 4.78 is 3.29. The van der Waals surface area contributed by atoms with Crippen LogP contribution in [0, 0.1) is 5.41 Å². The van der Waals surface area contributed by atoms with Gasteiger partial charge in [0.15, 0.2) is 16.6 Å². The average molecular weight is 410 g/mol. The molecular weight excluding hydrogens is 386 g/mol. The second kappa shape index (κ2) is 6.27. The molecule has 3 aromatic heterocycles. The standard InChI is InChI=1S/C21H23N5O2S/c1-4-11-25-18(27)14-12-22-19(29-3)24-17(14)26(25)15-6-5-13-7-8-21(9-10-21)20(2,28)16(13)23-15/h4-6,12,28H,1,7-11H2,2-3H3. The van der Waals surface area contributed by atoms with Crippen molar-refractivity contribution in [3.8, 4) is 5.82 Å². The first-order valence-electron chi connectivity index (χ1n) is 9.78. The monoisotopic (exact) mass is 409 g/mol. The molecule has 0 radical (unpaired) electrons. The number of thioether (sulfide) groups is 1. The van der Waals surface area contributed by atoms with Gasteiger partial charge in [-0.15, -0.1) is 6.58 Å². The molecule has 0 aliphatic heterocycles. The zero-order valence-electron chi connectivity index (χ0n) is 16.6. The number of aromatic nitrogens is 5. The SMILES string of the molecule is C=CCn1c(=O)c2cnc(SC)nc2n1-c1ccc2c(n1)C(C)(O)C1(CC2)CC1. The summed E-state index contributed by atoms with van der Waals surface area (Å²) in [6.45, 7) is 5.99. The van der Waals surface area contributed by atoms with Crippen molar-refractivity contribution < 1.29 is 5.11 Å². The topological polar surface area (TPSA) is 85.8 Å². The van der Waals surface area contributed by atoms with E-state index in [1.807, 2.05) is 25.3 Å². The Labute approximate surface area is 172 Å². The number of aryl methyl sites for hydroxylation is 1. The normalized spacial score (nSPS) is 22.0. The predicted molar refractivity (Wildman–Crippen MR) is 112 cm³/mol. The second-order valence-electron chi connectivity index (χ2n) is 8.11. The molecule has 1 atom stereocenters. The Morgan fingerprint density at radius 3 is 2.79 bits per heavy atom. The van der Waals surface area contributed by atoms with E-state index in [9.17, 15) is 9.90 Å². The van der Waals surface area contributed by atoms with E-state index >= 15 is 0 Å². The van der Waals surface area contributed by atoms with Crippen LogP contribution in [0.5, 0.6) is 0 Å². The van der Waals surface area contributed by atoms with Crippen LogP contribution in [-0.4, -0.2) is 35.7 Å². The van der Waals surface area contributed by atoms with Crippen molar-refractivity contribution in [2.45, 2.75) is 49.9 Å². The largest absolute Gasteiger partial charge is 0.383 e. The van der Waals surface area contributed by atoms with E-state index in [2.05, 4.69) is 16.5 Å². The van der Waals surface area contributed by atoms with Gasteiger partial charge in [-0.05, 0) is 50.5 Å². The number of hydrogen-bond donors (Lipinski definition) is 1. The minimum Gasteiger partial charge on any atom is -0.383 e. The Kier molecular flexibility index (Phi) is 4.02. The number of hydrogen-bond acceptors (Lipinski definition) is 6. The maximum absolute atomic E-state index is 13.0. The van der Waals surface area contributed by atoms with Gasteiger partial charge in [-0.1, -0.05) is 23.9 Å². The van der Waals surface area contributed by atoms with Crippen molar-refractivity contribution >= 4 is 22.8 Å². The molecule has 150 valence electrons. The van der Waals surface area contributed by atoms with Gasteiger partial charge in [0.25, 0.3) is 5.56 Å². The molecule has 1 spiro atoms. The van der Waals surface area contributed by atoms with Crippen LogP contribution in [0.15, 0.2) is 40.9 Å². The van der Waals surface area contributed by atoms with Crippen LogP contribution in [0.3, 0.4) is 0 Å². The van der Waals surface area contributed by atoms with E-state index in [0.717, 1.165) is 36.9 Å². The van der Waals surface area contributed by atoms with Crippen LogP contribution in [0.4, 0.5) is 0 Å². The summed E-state index contributed by atoms with van der Waals surface area (Å²) in [5.74, 6) is 0.571. The van der Waals surface area contributed by atoms with Crippen LogP contribution in [0.25, 0.3) is 16.9 Å². The number of nitrogens with zero attached hydrogens (tertiary/aromatic N) is 5. The molecule has 29 heavy (non-hydrogen) atoms. The molecule has 2 aliphatic rings. The highest BCUT2D eigenvalue weighted by atomic mass is 32.2. The van der Waals surface area contributed by atoms with Crippen molar-refractivity contribution in [3.63, 3.8) is 0 Å². The highest BCUT2D eigenvalue weighted by Crippen LogP contribution is 2.63. The molecule has 3 heterocycles. The lowest BCUT2D eigenvalue weighted by molar-refractivity contribution is -0.0371. The number of aliphatic hydroxyl groups is 1. The fourth-order valence-electron chi connectivity index (χ4n) is 4.61. The van der Waals surface area contributed by atoms with Gasteiger partial charge in [0.05, 0.1) is 12.2 Å². The summed E-state index contributed by atoms with van der Waals surface area (Å²) in [5.41, 5.74) is 1.10. The summed E-state index contributed by atoms with van der Waals surface area (Å²) in [6.07, 6.45) is 9.11. The summed E-state index contributed by atoms with van der Waals surface area (Å²) >= 11 is 1.42. The zero-order chi connectivity index (χ0) is 20.4. The molecule has 2 aliphatic carbocycles. The van der Waals surface area contributed by atoms with E-state index in [-0.39, 0.29) is 11.0 Å². The maximum atomic E-state index is 13.0. The highest BCUT2D eigenvalue weighted by Gasteiger charge is 2.59. The maximum Gasteiger partial charge on any atom is 0.278 e. The first-order valence-corrected chi connectivity index (χ1v) is 11.0. The van der Waals surface area contributed by atoms with Gasteiger partial charge in [-0.2, -0.15) is 0 Å². The van der Waals surface area contributed by atoms with Crippen molar-refractivity contribution in [1.82, 2.24) is 24.3 Å². The Hall–Kier alpha value is -2.45. The van der Waals surface area contributed by atoms with Gasteiger partial charge in [0.2, 0.25) is 0 Å². The van der Waals surface area contributed by atoms with E-state index in [1.165, 1.54) is 11.8 Å². The Morgan fingerprint density at radius 2 is 2.10 bits per heavy atom. The van der Waals surface area contributed by atoms with E-state index in [1.54, 1.807) is 21.6 Å². The predicted octanol–water partition coefficient (Wildman–Crippen LogP) is 2.82. The van der Waals surface area contributed by atoms with Gasteiger partial charge in [-0.3, -0.25) is 4.79 Å². The Balaban J connectivity index is 1.77. The van der Waals surface area contributed by atoms with Crippen LogP contribution < -0.4 is 5.56 Å².